The molecule has 0 radical (unpaired) electrons. The van der Waals surface area contributed by atoms with Crippen molar-refractivity contribution < 1.29 is 13.2 Å². The van der Waals surface area contributed by atoms with E-state index in [0.29, 0.717) is 0 Å². The molecule has 0 bridgehead atoms. The lowest BCUT2D eigenvalue weighted by Gasteiger charge is -2.25. The molecule has 1 atom stereocenters. The Morgan fingerprint density at radius 2 is 1.89 bits per heavy atom. The lowest BCUT2D eigenvalue weighted by molar-refractivity contribution is -0.147. The van der Waals surface area contributed by atoms with Gasteiger partial charge in [0, 0.05) is 12.6 Å². The molecular weight excluding hydrogens is 253 g/mol. The molecule has 0 spiro atoms. The Hall–Kier alpha value is -1.54. The average Bonchev–Trinajstić information content (AvgIpc) is 3.18. The third-order valence-electron chi connectivity index (χ3n) is 3.22. The van der Waals surface area contributed by atoms with Gasteiger partial charge < -0.3 is 0 Å². The minimum Gasteiger partial charge on any atom is -0.290 e. The van der Waals surface area contributed by atoms with Gasteiger partial charge in [-0.2, -0.15) is 18.4 Å². The lowest BCUT2D eigenvalue weighted by atomic mass is 10.00. The number of hydrogen-bond donors (Lipinski definition) is 0. The summed E-state index contributed by atoms with van der Waals surface area (Å²) in [6.45, 7) is -0.784. The zero-order chi connectivity index (χ0) is 13.9. The van der Waals surface area contributed by atoms with E-state index in [4.69, 9.17) is 0 Å². The molecule has 2 nitrogen and oxygen atoms in total. The van der Waals surface area contributed by atoms with E-state index in [1.165, 1.54) is 4.90 Å². The highest BCUT2D eigenvalue weighted by atomic mass is 19.4. The predicted molar refractivity (Wildman–Crippen MR) is 65.4 cm³/mol. The molecular formula is C14H15F3N2. The van der Waals surface area contributed by atoms with Crippen LogP contribution < -0.4 is 0 Å². The molecule has 0 aromatic heterocycles. The highest BCUT2D eigenvalue weighted by Crippen LogP contribution is 2.32. The van der Waals surface area contributed by atoms with Crippen LogP contribution in [0.2, 0.25) is 0 Å². The number of alkyl halides is 3. The van der Waals surface area contributed by atoms with E-state index >= 15 is 0 Å². The van der Waals surface area contributed by atoms with E-state index in [1.54, 1.807) is 24.3 Å². The first-order chi connectivity index (χ1) is 8.99. The molecule has 1 aromatic rings. The SMILES string of the molecule is N#CC(CN(CC(F)(F)F)C1CC1)c1ccccc1. The van der Waals surface area contributed by atoms with Crippen LogP contribution in [0.25, 0.3) is 0 Å². The van der Waals surface area contributed by atoms with Crippen molar-refractivity contribution in [3.8, 4) is 6.07 Å². The minimum absolute atomic E-state index is 0.0128. The average molecular weight is 268 g/mol. The molecule has 1 unspecified atom stereocenters. The first kappa shape index (κ1) is 13.9. The molecule has 1 aromatic carbocycles. The molecule has 102 valence electrons. The summed E-state index contributed by atoms with van der Waals surface area (Å²) >= 11 is 0. The van der Waals surface area contributed by atoms with Crippen LogP contribution in [0, 0.1) is 11.3 Å². The quantitative estimate of drug-likeness (QED) is 0.819. The predicted octanol–water partition coefficient (Wildman–Crippen LogP) is 3.32. The van der Waals surface area contributed by atoms with Crippen LogP contribution in [0.1, 0.15) is 24.3 Å². The van der Waals surface area contributed by atoms with Crippen molar-refractivity contribution in [1.82, 2.24) is 4.90 Å². The normalized spacial score (nSPS) is 17.2. The monoisotopic (exact) mass is 268 g/mol. The van der Waals surface area contributed by atoms with E-state index in [0.717, 1.165) is 18.4 Å². The van der Waals surface area contributed by atoms with Gasteiger partial charge in [0.05, 0.1) is 18.5 Å². The number of rotatable bonds is 5. The number of benzene rings is 1. The van der Waals surface area contributed by atoms with E-state index in [2.05, 4.69) is 6.07 Å². The molecule has 0 heterocycles. The van der Waals surface area contributed by atoms with Crippen LogP contribution in [-0.4, -0.2) is 30.2 Å². The van der Waals surface area contributed by atoms with Crippen molar-refractivity contribution in [2.75, 3.05) is 13.1 Å². The Balaban J connectivity index is 2.05. The molecule has 1 aliphatic rings. The second-order valence-electron chi connectivity index (χ2n) is 4.87. The standard InChI is InChI=1S/C14H15F3N2/c15-14(16,17)10-19(13-6-7-13)9-12(8-18)11-4-2-1-3-5-11/h1-5,12-13H,6-7,9-10H2. The van der Waals surface area contributed by atoms with Gasteiger partial charge in [-0.15, -0.1) is 0 Å². The Kier molecular flexibility index (Phi) is 4.11. The largest absolute Gasteiger partial charge is 0.401 e. The molecule has 1 fully saturated rings. The first-order valence-corrected chi connectivity index (χ1v) is 6.25. The highest BCUT2D eigenvalue weighted by molar-refractivity contribution is 5.25. The third kappa shape index (κ3) is 4.25. The number of halogens is 3. The maximum atomic E-state index is 12.5. The zero-order valence-electron chi connectivity index (χ0n) is 10.4. The van der Waals surface area contributed by atoms with E-state index in [-0.39, 0.29) is 12.6 Å². The molecule has 0 aliphatic heterocycles. The van der Waals surface area contributed by atoms with Crippen LogP contribution in [0.15, 0.2) is 30.3 Å². The summed E-state index contributed by atoms with van der Waals surface area (Å²) in [4.78, 5) is 1.39. The number of hydrogen-bond acceptors (Lipinski definition) is 2. The van der Waals surface area contributed by atoms with Crippen LogP contribution in [0.4, 0.5) is 13.2 Å². The van der Waals surface area contributed by atoms with Crippen LogP contribution >= 0.6 is 0 Å². The van der Waals surface area contributed by atoms with Gasteiger partial charge >= 0.3 is 6.18 Å². The van der Waals surface area contributed by atoms with Gasteiger partial charge in [-0.25, -0.2) is 0 Å². The van der Waals surface area contributed by atoms with Gasteiger partial charge in [-0.3, -0.25) is 4.90 Å². The summed E-state index contributed by atoms with van der Waals surface area (Å²) < 4.78 is 37.6. The molecule has 19 heavy (non-hydrogen) atoms. The fraction of sp³-hybridized carbons (Fsp3) is 0.500. The lowest BCUT2D eigenvalue weighted by Crippen LogP contribution is -2.38. The minimum atomic E-state index is -4.21. The van der Waals surface area contributed by atoms with Crippen molar-refractivity contribution >= 4 is 0 Å². The van der Waals surface area contributed by atoms with Crippen molar-refractivity contribution in [1.29, 1.82) is 5.26 Å². The van der Waals surface area contributed by atoms with Crippen molar-refractivity contribution in [2.45, 2.75) is 31.0 Å². The highest BCUT2D eigenvalue weighted by Gasteiger charge is 2.38. The summed E-state index contributed by atoms with van der Waals surface area (Å²) in [6, 6.07) is 11.1. The van der Waals surface area contributed by atoms with Gasteiger partial charge in [0.25, 0.3) is 0 Å². The van der Waals surface area contributed by atoms with Gasteiger partial charge in [0.2, 0.25) is 0 Å². The van der Waals surface area contributed by atoms with Crippen LogP contribution in [-0.2, 0) is 0 Å². The fourth-order valence-electron chi connectivity index (χ4n) is 2.15. The third-order valence-corrected chi connectivity index (χ3v) is 3.22. The van der Waals surface area contributed by atoms with Crippen LogP contribution in [0.3, 0.4) is 0 Å². The Morgan fingerprint density at radius 3 is 2.37 bits per heavy atom. The van der Waals surface area contributed by atoms with E-state index < -0.39 is 18.6 Å². The summed E-state index contributed by atoms with van der Waals surface area (Å²) in [5, 5.41) is 9.17. The summed E-state index contributed by atoms with van der Waals surface area (Å²) in [6.07, 6.45) is -2.62. The van der Waals surface area contributed by atoms with E-state index in [9.17, 15) is 18.4 Å². The molecule has 2 rings (SSSR count). The summed E-state index contributed by atoms with van der Waals surface area (Å²) in [5.74, 6) is -0.510. The Bertz CT molecular complexity index is 446. The fourth-order valence-corrected chi connectivity index (χ4v) is 2.15. The molecule has 1 aliphatic carbocycles. The maximum absolute atomic E-state index is 12.5. The van der Waals surface area contributed by atoms with E-state index in [1.807, 2.05) is 6.07 Å². The van der Waals surface area contributed by atoms with Gasteiger partial charge in [-0.1, -0.05) is 30.3 Å². The van der Waals surface area contributed by atoms with Crippen molar-refractivity contribution in [2.24, 2.45) is 0 Å². The summed E-state index contributed by atoms with van der Waals surface area (Å²) in [7, 11) is 0. The number of nitriles is 1. The summed E-state index contributed by atoms with van der Waals surface area (Å²) in [5.41, 5.74) is 0.776. The van der Waals surface area contributed by atoms with Crippen molar-refractivity contribution in [3.63, 3.8) is 0 Å². The molecule has 0 N–H and O–H groups in total. The Morgan fingerprint density at radius 1 is 1.26 bits per heavy atom. The molecule has 1 saturated carbocycles. The molecule has 0 saturated heterocycles. The second-order valence-corrected chi connectivity index (χ2v) is 4.87. The van der Waals surface area contributed by atoms with Crippen molar-refractivity contribution in [3.05, 3.63) is 35.9 Å². The molecule has 5 heteroatoms. The number of nitrogens with zero attached hydrogens (tertiary/aromatic N) is 2. The maximum Gasteiger partial charge on any atom is 0.401 e. The van der Waals surface area contributed by atoms with Gasteiger partial charge in [0.15, 0.2) is 0 Å². The smallest absolute Gasteiger partial charge is 0.290 e. The first-order valence-electron chi connectivity index (χ1n) is 6.25. The van der Waals surface area contributed by atoms with Gasteiger partial charge in [0.1, 0.15) is 0 Å². The molecule has 0 amide bonds. The topological polar surface area (TPSA) is 27.0 Å². The Labute approximate surface area is 110 Å². The second kappa shape index (κ2) is 5.62. The van der Waals surface area contributed by atoms with Crippen LogP contribution in [0.5, 0.6) is 0 Å². The zero-order valence-corrected chi connectivity index (χ0v) is 10.4. The van der Waals surface area contributed by atoms with Gasteiger partial charge in [-0.05, 0) is 18.4 Å².